The summed E-state index contributed by atoms with van der Waals surface area (Å²) in [6.45, 7) is 2.00. The van der Waals surface area contributed by atoms with E-state index in [-0.39, 0.29) is 5.91 Å². The molecule has 0 unspecified atom stereocenters. The van der Waals surface area contributed by atoms with Gasteiger partial charge in [0.15, 0.2) is 0 Å². The quantitative estimate of drug-likeness (QED) is 0.369. The Morgan fingerprint density at radius 3 is 2.17 bits per heavy atom. The largest absolute Gasteiger partial charge is 0.497 e. The molecule has 0 radical (unpaired) electrons. The molecule has 2 N–H and O–H groups in total. The van der Waals surface area contributed by atoms with E-state index in [1.54, 1.807) is 7.11 Å². The third-order valence-corrected chi connectivity index (χ3v) is 6.24. The molecule has 0 saturated heterocycles. The molecule has 0 atom stereocenters. The second-order valence-electron chi connectivity index (χ2n) is 6.58. The van der Waals surface area contributed by atoms with Gasteiger partial charge in [-0.2, -0.15) is 0 Å². The molecule has 146 valence electrons. The van der Waals surface area contributed by atoms with Crippen LogP contribution in [0.2, 0.25) is 5.02 Å². The van der Waals surface area contributed by atoms with Crippen molar-refractivity contribution >= 4 is 56.0 Å². The van der Waals surface area contributed by atoms with Crippen molar-refractivity contribution in [2.24, 2.45) is 0 Å². The third-order valence-electron chi connectivity index (χ3n) is 4.59. The maximum atomic E-state index is 12.7. The Hall–Kier alpha value is -3.02. The molecule has 1 amide bonds. The molecule has 1 heterocycles. The fourth-order valence-electron chi connectivity index (χ4n) is 3.09. The van der Waals surface area contributed by atoms with E-state index in [4.69, 9.17) is 16.3 Å². The molecule has 4 aromatic rings. The highest BCUT2D eigenvalue weighted by Gasteiger charge is 2.18. The minimum absolute atomic E-state index is 0.202. The average molecular weight is 423 g/mol. The standard InChI is InChI=1S/C23H19ClN2O2S/c1-14-4-3-5-19-20(14)21(24)22(29-19)23(27)26-17-8-6-15(7-9-17)25-16-10-12-18(28-2)13-11-16/h3-13,25H,1-2H3,(H,26,27). The molecular weight excluding hydrogens is 404 g/mol. The number of carbonyl (C=O) groups excluding carboxylic acids is 1. The highest BCUT2D eigenvalue weighted by Crippen LogP contribution is 2.37. The van der Waals surface area contributed by atoms with Crippen LogP contribution in [-0.4, -0.2) is 13.0 Å². The van der Waals surface area contributed by atoms with E-state index in [0.29, 0.717) is 15.6 Å². The van der Waals surface area contributed by atoms with Crippen molar-refractivity contribution in [2.75, 3.05) is 17.7 Å². The van der Waals surface area contributed by atoms with Crippen LogP contribution in [-0.2, 0) is 0 Å². The molecule has 0 fully saturated rings. The van der Waals surface area contributed by atoms with Crippen LogP contribution < -0.4 is 15.4 Å². The zero-order valence-electron chi connectivity index (χ0n) is 16.0. The van der Waals surface area contributed by atoms with E-state index in [1.165, 1.54) is 11.3 Å². The van der Waals surface area contributed by atoms with Crippen molar-refractivity contribution in [2.45, 2.75) is 6.92 Å². The summed E-state index contributed by atoms with van der Waals surface area (Å²) in [4.78, 5) is 13.3. The maximum absolute atomic E-state index is 12.7. The summed E-state index contributed by atoms with van der Waals surface area (Å²) in [5.41, 5.74) is 3.65. The van der Waals surface area contributed by atoms with Crippen LogP contribution in [0.5, 0.6) is 5.75 Å². The lowest BCUT2D eigenvalue weighted by molar-refractivity contribution is 0.103. The van der Waals surface area contributed by atoms with E-state index < -0.39 is 0 Å². The monoisotopic (exact) mass is 422 g/mol. The number of carbonyl (C=O) groups is 1. The van der Waals surface area contributed by atoms with E-state index in [1.807, 2.05) is 73.7 Å². The fraction of sp³-hybridized carbons (Fsp3) is 0.0870. The Labute approximate surface area is 178 Å². The first-order valence-electron chi connectivity index (χ1n) is 9.05. The Balaban J connectivity index is 1.48. The van der Waals surface area contributed by atoms with Crippen LogP contribution in [0.15, 0.2) is 66.7 Å². The lowest BCUT2D eigenvalue weighted by Crippen LogP contribution is -2.10. The topological polar surface area (TPSA) is 50.4 Å². The molecule has 0 aliphatic rings. The van der Waals surface area contributed by atoms with Gasteiger partial charge in [0, 0.05) is 27.1 Å². The molecule has 1 aromatic heterocycles. The van der Waals surface area contributed by atoms with Crippen LogP contribution in [0.25, 0.3) is 10.1 Å². The van der Waals surface area contributed by atoms with Gasteiger partial charge in [0.2, 0.25) is 0 Å². The number of hydrogen-bond acceptors (Lipinski definition) is 4. The first-order chi connectivity index (χ1) is 14.0. The Morgan fingerprint density at radius 2 is 1.55 bits per heavy atom. The lowest BCUT2D eigenvalue weighted by atomic mass is 10.1. The molecule has 0 spiro atoms. The minimum atomic E-state index is -0.202. The van der Waals surface area contributed by atoms with Gasteiger partial charge in [0.25, 0.3) is 5.91 Å². The van der Waals surface area contributed by atoms with Gasteiger partial charge < -0.3 is 15.4 Å². The van der Waals surface area contributed by atoms with Crippen molar-refractivity contribution in [3.05, 3.63) is 82.2 Å². The maximum Gasteiger partial charge on any atom is 0.267 e. The van der Waals surface area contributed by atoms with Gasteiger partial charge in [0.05, 0.1) is 12.1 Å². The number of ether oxygens (including phenoxy) is 1. The van der Waals surface area contributed by atoms with Crippen molar-refractivity contribution < 1.29 is 9.53 Å². The molecule has 29 heavy (non-hydrogen) atoms. The lowest BCUT2D eigenvalue weighted by Gasteiger charge is -2.09. The molecule has 0 bridgehead atoms. The summed E-state index contributed by atoms with van der Waals surface area (Å²) in [6, 6.07) is 21.2. The molecule has 4 rings (SSSR count). The number of anilines is 3. The van der Waals surface area contributed by atoms with Crippen molar-refractivity contribution in [3.63, 3.8) is 0 Å². The Morgan fingerprint density at radius 1 is 0.931 bits per heavy atom. The normalized spacial score (nSPS) is 10.7. The van der Waals surface area contributed by atoms with Crippen LogP contribution in [0.4, 0.5) is 17.1 Å². The highest BCUT2D eigenvalue weighted by atomic mass is 35.5. The van der Waals surface area contributed by atoms with E-state index in [2.05, 4.69) is 10.6 Å². The second-order valence-corrected chi connectivity index (χ2v) is 8.01. The number of hydrogen-bond donors (Lipinski definition) is 2. The smallest absolute Gasteiger partial charge is 0.267 e. The molecule has 6 heteroatoms. The molecule has 0 saturated carbocycles. The van der Waals surface area contributed by atoms with Crippen molar-refractivity contribution in [1.29, 1.82) is 0 Å². The summed E-state index contributed by atoms with van der Waals surface area (Å²) in [6.07, 6.45) is 0. The van der Waals surface area contributed by atoms with Gasteiger partial charge in [-0.05, 0) is 67.1 Å². The van der Waals surface area contributed by atoms with Crippen LogP contribution in [0.3, 0.4) is 0 Å². The number of fused-ring (bicyclic) bond motifs is 1. The van der Waals surface area contributed by atoms with Crippen molar-refractivity contribution in [3.8, 4) is 5.75 Å². The second kappa shape index (κ2) is 8.15. The average Bonchev–Trinajstić information content (AvgIpc) is 3.08. The van der Waals surface area contributed by atoms with Gasteiger partial charge in [-0.3, -0.25) is 4.79 Å². The van der Waals surface area contributed by atoms with Crippen LogP contribution in [0, 0.1) is 6.92 Å². The molecule has 4 nitrogen and oxygen atoms in total. The number of benzene rings is 3. The minimum Gasteiger partial charge on any atom is -0.497 e. The Kier molecular flexibility index (Phi) is 5.43. The predicted octanol–water partition coefficient (Wildman–Crippen LogP) is 6.87. The SMILES string of the molecule is COc1ccc(Nc2ccc(NC(=O)c3sc4cccc(C)c4c3Cl)cc2)cc1. The van der Waals surface area contributed by atoms with Crippen LogP contribution >= 0.6 is 22.9 Å². The first-order valence-corrected chi connectivity index (χ1v) is 10.2. The van der Waals surface area contributed by atoms with E-state index in [0.717, 1.165) is 32.8 Å². The van der Waals surface area contributed by atoms with Gasteiger partial charge in [-0.25, -0.2) is 0 Å². The Bertz CT molecular complexity index is 1170. The number of aryl methyl sites for hydroxylation is 1. The summed E-state index contributed by atoms with van der Waals surface area (Å²) in [7, 11) is 1.64. The van der Waals surface area contributed by atoms with Gasteiger partial charge in [-0.15, -0.1) is 11.3 Å². The first kappa shape index (κ1) is 19.3. The fourth-order valence-corrected chi connectivity index (χ4v) is 4.66. The van der Waals surface area contributed by atoms with Gasteiger partial charge in [-0.1, -0.05) is 23.7 Å². The summed E-state index contributed by atoms with van der Waals surface area (Å²) in [5, 5.41) is 7.70. The number of rotatable bonds is 5. The third kappa shape index (κ3) is 4.06. The number of amides is 1. The van der Waals surface area contributed by atoms with E-state index >= 15 is 0 Å². The molecule has 3 aromatic carbocycles. The molecule has 0 aliphatic carbocycles. The van der Waals surface area contributed by atoms with Gasteiger partial charge >= 0.3 is 0 Å². The van der Waals surface area contributed by atoms with E-state index in [9.17, 15) is 4.79 Å². The zero-order chi connectivity index (χ0) is 20.4. The summed E-state index contributed by atoms with van der Waals surface area (Å²) in [5.74, 6) is 0.607. The highest BCUT2D eigenvalue weighted by molar-refractivity contribution is 7.21. The molecule has 0 aliphatic heterocycles. The number of thiophene rings is 1. The summed E-state index contributed by atoms with van der Waals surface area (Å²) < 4.78 is 6.18. The van der Waals surface area contributed by atoms with Crippen LogP contribution in [0.1, 0.15) is 15.2 Å². The molecular formula is C23H19ClN2O2S. The van der Waals surface area contributed by atoms with Crippen molar-refractivity contribution in [1.82, 2.24) is 0 Å². The van der Waals surface area contributed by atoms with Gasteiger partial charge in [0.1, 0.15) is 10.6 Å². The predicted molar refractivity (Wildman–Crippen MR) is 122 cm³/mol. The number of methoxy groups -OCH3 is 1. The zero-order valence-corrected chi connectivity index (χ0v) is 17.5. The summed E-state index contributed by atoms with van der Waals surface area (Å²) >= 11 is 7.90. The number of nitrogens with one attached hydrogen (secondary N) is 2. The number of halogens is 1.